The van der Waals surface area contributed by atoms with Crippen LogP contribution in [-0.4, -0.2) is 32.4 Å². The van der Waals surface area contributed by atoms with Gasteiger partial charge in [-0.25, -0.2) is 9.78 Å². The third-order valence-electron chi connectivity index (χ3n) is 4.76. The van der Waals surface area contributed by atoms with Crippen molar-refractivity contribution >= 4 is 16.9 Å². The summed E-state index contributed by atoms with van der Waals surface area (Å²) < 4.78 is 1.49. The van der Waals surface area contributed by atoms with Gasteiger partial charge in [0.2, 0.25) is 0 Å². The SMILES string of the molecule is CN(Cc1cccc(C#N)c1)C(=O)c1cnc2c(c1)c(=O)[nH]c(=O)n2C1CC1. The standard InChI is InChI=1S/C20H17N5O3/c1-24(11-13-4-2-3-12(7-13)9-21)19(27)14-8-16-17(22-10-14)25(15-5-6-15)20(28)23-18(16)26/h2-4,7-8,10,15H,5-6,11H2,1H3,(H,23,26,28). The van der Waals surface area contributed by atoms with Crippen LogP contribution in [0.5, 0.6) is 0 Å². The van der Waals surface area contributed by atoms with Gasteiger partial charge in [0, 0.05) is 25.8 Å². The molecule has 28 heavy (non-hydrogen) atoms. The minimum absolute atomic E-state index is 0.0518. The molecule has 0 aliphatic heterocycles. The molecule has 1 saturated carbocycles. The zero-order chi connectivity index (χ0) is 19.8. The summed E-state index contributed by atoms with van der Waals surface area (Å²) in [5.74, 6) is -0.305. The molecule has 1 N–H and O–H groups in total. The van der Waals surface area contributed by atoms with Gasteiger partial charge in [0.1, 0.15) is 5.65 Å². The Hall–Kier alpha value is -3.73. The Balaban J connectivity index is 1.66. The van der Waals surface area contributed by atoms with Gasteiger partial charge < -0.3 is 4.90 Å². The number of nitrogens with one attached hydrogen (secondary N) is 1. The Morgan fingerprint density at radius 2 is 2.14 bits per heavy atom. The third kappa shape index (κ3) is 3.18. The molecule has 1 aromatic carbocycles. The van der Waals surface area contributed by atoms with Gasteiger partial charge in [0.15, 0.2) is 0 Å². The van der Waals surface area contributed by atoms with Crippen LogP contribution in [0.15, 0.2) is 46.1 Å². The lowest BCUT2D eigenvalue weighted by atomic mass is 10.1. The zero-order valence-corrected chi connectivity index (χ0v) is 15.2. The first-order valence-electron chi connectivity index (χ1n) is 8.87. The number of hydrogen-bond acceptors (Lipinski definition) is 5. The van der Waals surface area contributed by atoms with Crippen molar-refractivity contribution < 1.29 is 4.79 Å². The fourth-order valence-electron chi connectivity index (χ4n) is 3.23. The molecule has 8 heteroatoms. The second-order valence-electron chi connectivity index (χ2n) is 6.93. The molecule has 0 atom stereocenters. The number of pyridine rings is 1. The second kappa shape index (κ2) is 6.78. The summed E-state index contributed by atoms with van der Waals surface area (Å²) in [5.41, 5.74) is 0.888. The average Bonchev–Trinajstić information content (AvgIpc) is 3.52. The van der Waals surface area contributed by atoms with Crippen LogP contribution >= 0.6 is 0 Å². The fraction of sp³-hybridized carbons (Fsp3) is 0.250. The van der Waals surface area contributed by atoms with Crippen LogP contribution in [-0.2, 0) is 6.54 Å². The lowest BCUT2D eigenvalue weighted by Gasteiger charge is -2.18. The summed E-state index contributed by atoms with van der Waals surface area (Å²) in [4.78, 5) is 45.2. The van der Waals surface area contributed by atoms with Gasteiger partial charge >= 0.3 is 5.69 Å². The molecule has 1 aliphatic rings. The number of carbonyl (C=O) groups is 1. The predicted octanol–water partition coefficient (Wildman–Crippen LogP) is 1.56. The van der Waals surface area contributed by atoms with Gasteiger partial charge in [-0.05, 0) is 36.6 Å². The third-order valence-corrected chi connectivity index (χ3v) is 4.76. The molecule has 140 valence electrons. The van der Waals surface area contributed by atoms with Crippen LogP contribution in [0.2, 0.25) is 0 Å². The Bertz CT molecular complexity index is 1250. The number of nitrogens with zero attached hydrogens (tertiary/aromatic N) is 4. The van der Waals surface area contributed by atoms with Gasteiger partial charge in [-0.2, -0.15) is 5.26 Å². The van der Waals surface area contributed by atoms with E-state index in [4.69, 9.17) is 5.26 Å². The molecule has 0 radical (unpaired) electrons. The van der Waals surface area contributed by atoms with E-state index in [2.05, 4.69) is 16.0 Å². The zero-order valence-electron chi connectivity index (χ0n) is 15.2. The number of aromatic nitrogens is 3. The van der Waals surface area contributed by atoms with E-state index in [0.29, 0.717) is 17.8 Å². The highest BCUT2D eigenvalue weighted by Crippen LogP contribution is 2.34. The van der Waals surface area contributed by atoms with Crippen molar-refractivity contribution in [3.05, 3.63) is 74.1 Å². The van der Waals surface area contributed by atoms with Crippen molar-refractivity contribution in [3.8, 4) is 6.07 Å². The molecule has 0 bridgehead atoms. The molecule has 1 amide bonds. The largest absolute Gasteiger partial charge is 0.337 e. The van der Waals surface area contributed by atoms with Gasteiger partial charge in [-0.1, -0.05) is 12.1 Å². The van der Waals surface area contributed by atoms with Gasteiger partial charge in [-0.15, -0.1) is 0 Å². The maximum Gasteiger partial charge on any atom is 0.330 e. The number of hydrogen-bond donors (Lipinski definition) is 1. The van der Waals surface area contributed by atoms with E-state index in [0.717, 1.165) is 18.4 Å². The van der Waals surface area contributed by atoms with E-state index in [1.54, 1.807) is 25.2 Å². The number of aromatic amines is 1. The molecule has 4 rings (SSSR count). The van der Waals surface area contributed by atoms with Crippen molar-refractivity contribution in [1.29, 1.82) is 5.26 Å². The number of rotatable bonds is 4. The lowest BCUT2D eigenvalue weighted by Crippen LogP contribution is -2.31. The fourth-order valence-corrected chi connectivity index (χ4v) is 3.23. The van der Waals surface area contributed by atoms with Crippen LogP contribution in [0.3, 0.4) is 0 Å². The minimum atomic E-state index is -0.552. The molecular weight excluding hydrogens is 358 g/mol. The van der Waals surface area contributed by atoms with E-state index in [-0.39, 0.29) is 22.9 Å². The van der Waals surface area contributed by atoms with Crippen LogP contribution < -0.4 is 11.2 Å². The van der Waals surface area contributed by atoms with Crippen LogP contribution in [0.25, 0.3) is 11.0 Å². The van der Waals surface area contributed by atoms with Gasteiger partial charge in [0.25, 0.3) is 11.5 Å². The van der Waals surface area contributed by atoms with Crippen LogP contribution in [0.4, 0.5) is 0 Å². The summed E-state index contributed by atoms with van der Waals surface area (Å²) in [6.45, 7) is 0.310. The summed E-state index contributed by atoms with van der Waals surface area (Å²) in [7, 11) is 1.64. The molecule has 0 spiro atoms. The number of nitriles is 1. The molecule has 2 heterocycles. The Labute approximate surface area is 159 Å². The average molecular weight is 375 g/mol. The van der Waals surface area contributed by atoms with Crippen molar-refractivity contribution in [2.45, 2.75) is 25.4 Å². The smallest absolute Gasteiger partial charge is 0.330 e. The molecule has 0 saturated heterocycles. The molecule has 3 aromatic rings. The van der Waals surface area contributed by atoms with E-state index in [1.165, 1.54) is 21.7 Å². The summed E-state index contributed by atoms with van der Waals surface area (Å²) in [6, 6.07) is 10.6. The quantitative estimate of drug-likeness (QED) is 0.744. The first-order valence-corrected chi connectivity index (χ1v) is 8.87. The highest BCUT2D eigenvalue weighted by Gasteiger charge is 2.28. The lowest BCUT2D eigenvalue weighted by molar-refractivity contribution is 0.0785. The monoisotopic (exact) mass is 375 g/mol. The summed E-state index contributed by atoms with van der Waals surface area (Å²) >= 11 is 0. The van der Waals surface area contributed by atoms with Crippen LogP contribution in [0.1, 0.15) is 40.4 Å². The normalized spacial score (nSPS) is 13.3. The van der Waals surface area contributed by atoms with Gasteiger partial charge in [0.05, 0.1) is 22.6 Å². The topological polar surface area (TPSA) is 112 Å². The highest BCUT2D eigenvalue weighted by molar-refractivity contribution is 5.96. The number of fused-ring (bicyclic) bond motifs is 1. The molecule has 1 aliphatic carbocycles. The Morgan fingerprint density at radius 1 is 1.36 bits per heavy atom. The van der Waals surface area contributed by atoms with Gasteiger partial charge in [-0.3, -0.25) is 19.1 Å². The Kier molecular flexibility index (Phi) is 4.28. The number of H-pyrrole nitrogens is 1. The maximum atomic E-state index is 12.8. The van der Waals surface area contributed by atoms with Crippen molar-refractivity contribution in [1.82, 2.24) is 19.4 Å². The molecule has 8 nitrogen and oxygen atoms in total. The van der Waals surface area contributed by atoms with Crippen molar-refractivity contribution in [2.75, 3.05) is 7.05 Å². The molecule has 1 fully saturated rings. The second-order valence-corrected chi connectivity index (χ2v) is 6.93. The summed E-state index contributed by atoms with van der Waals surface area (Å²) in [6.07, 6.45) is 3.13. The predicted molar refractivity (Wildman–Crippen MR) is 102 cm³/mol. The number of carbonyl (C=O) groups excluding carboxylic acids is 1. The minimum Gasteiger partial charge on any atom is -0.337 e. The van der Waals surface area contributed by atoms with E-state index in [1.807, 2.05) is 6.07 Å². The molecule has 0 unspecified atom stereocenters. The van der Waals surface area contributed by atoms with E-state index >= 15 is 0 Å². The number of amides is 1. The van der Waals surface area contributed by atoms with Crippen molar-refractivity contribution in [3.63, 3.8) is 0 Å². The maximum absolute atomic E-state index is 12.8. The Morgan fingerprint density at radius 3 is 2.86 bits per heavy atom. The number of benzene rings is 1. The molecule has 2 aromatic heterocycles. The molecular formula is C20H17N5O3. The highest BCUT2D eigenvalue weighted by atomic mass is 16.2. The first-order chi connectivity index (χ1) is 13.5. The van der Waals surface area contributed by atoms with Crippen LogP contribution in [0, 0.1) is 11.3 Å². The first kappa shape index (κ1) is 17.7. The van der Waals surface area contributed by atoms with E-state index in [9.17, 15) is 14.4 Å². The van der Waals surface area contributed by atoms with E-state index < -0.39 is 11.2 Å². The van der Waals surface area contributed by atoms with Crippen molar-refractivity contribution in [2.24, 2.45) is 0 Å². The summed E-state index contributed by atoms with van der Waals surface area (Å²) in [5, 5.41) is 9.22.